The molecule has 140 valence electrons. The predicted octanol–water partition coefficient (Wildman–Crippen LogP) is 7.34. The van der Waals surface area contributed by atoms with E-state index in [0.717, 1.165) is 6.26 Å². The van der Waals surface area contributed by atoms with Gasteiger partial charge in [0.05, 0.1) is 7.11 Å². The van der Waals surface area contributed by atoms with Crippen LogP contribution in [0.1, 0.15) is 64.7 Å². The lowest BCUT2D eigenvalue weighted by Gasteiger charge is -1.99. The van der Waals surface area contributed by atoms with Crippen molar-refractivity contribution in [3.8, 4) is 0 Å². The van der Waals surface area contributed by atoms with Gasteiger partial charge in [0.2, 0.25) is 0 Å². The molecule has 0 spiro atoms. The number of aliphatic hydroxyl groups excluding tert-OH is 1. The van der Waals surface area contributed by atoms with Crippen molar-refractivity contribution in [2.24, 2.45) is 0 Å². The maximum absolute atomic E-state index is 8.78. The largest absolute Gasteiger partial charge is 0.512 e. The van der Waals surface area contributed by atoms with Crippen LogP contribution >= 0.6 is 0 Å². The zero-order valence-corrected chi connectivity index (χ0v) is 16.1. The normalized spacial score (nSPS) is 13.4. The van der Waals surface area contributed by atoms with Crippen molar-refractivity contribution in [3.63, 3.8) is 0 Å². The summed E-state index contributed by atoms with van der Waals surface area (Å²) in [6, 6.07) is 0. The van der Waals surface area contributed by atoms with E-state index in [9.17, 15) is 0 Å². The average molecular weight is 345 g/mol. The van der Waals surface area contributed by atoms with Gasteiger partial charge in [-0.05, 0) is 18.9 Å². The Morgan fingerprint density at radius 1 is 0.720 bits per heavy atom. The lowest BCUT2D eigenvalue weighted by molar-refractivity contribution is 0.286. The summed E-state index contributed by atoms with van der Waals surface area (Å²) in [6.07, 6.45) is 32.8. The van der Waals surface area contributed by atoms with E-state index in [-0.39, 0.29) is 0 Å². The molecule has 0 aromatic rings. The lowest BCUT2D eigenvalue weighted by atomic mass is 10.1. The second-order valence-electron chi connectivity index (χ2n) is 5.94. The second kappa shape index (κ2) is 20.1. The smallest absolute Gasteiger partial charge is 0.152 e. The van der Waals surface area contributed by atoms with E-state index in [1.54, 1.807) is 6.08 Å². The van der Waals surface area contributed by atoms with Gasteiger partial charge in [-0.25, -0.2) is 0 Å². The first-order valence-electron chi connectivity index (χ1n) is 9.56. The molecule has 0 radical (unpaired) electrons. The average Bonchev–Trinajstić information content (AvgIpc) is 2.64. The van der Waals surface area contributed by atoms with Crippen molar-refractivity contribution in [1.29, 1.82) is 0 Å². The highest BCUT2D eigenvalue weighted by Crippen LogP contribution is 2.09. The van der Waals surface area contributed by atoms with Crippen LogP contribution in [0.3, 0.4) is 0 Å². The fourth-order valence-electron chi connectivity index (χ4n) is 2.27. The lowest BCUT2D eigenvalue weighted by Crippen LogP contribution is -1.79. The summed E-state index contributed by atoms with van der Waals surface area (Å²) in [7, 11) is 1.52. The molecule has 25 heavy (non-hydrogen) atoms. The third-order valence-electron chi connectivity index (χ3n) is 3.76. The molecule has 0 unspecified atom stereocenters. The van der Waals surface area contributed by atoms with E-state index in [0.29, 0.717) is 5.76 Å². The summed E-state index contributed by atoms with van der Waals surface area (Å²) >= 11 is 0. The molecule has 0 aliphatic carbocycles. The molecular formula is C23H36O2. The molecule has 0 aromatic carbocycles. The van der Waals surface area contributed by atoms with Gasteiger partial charge in [-0.15, -0.1) is 0 Å². The first-order valence-corrected chi connectivity index (χ1v) is 9.56. The van der Waals surface area contributed by atoms with Crippen molar-refractivity contribution in [1.82, 2.24) is 0 Å². The molecule has 0 heterocycles. The molecule has 0 aliphatic heterocycles. The fourth-order valence-corrected chi connectivity index (χ4v) is 2.27. The van der Waals surface area contributed by atoms with Crippen LogP contribution in [-0.4, -0.2) is 12.2 Å². The Bertz CT molecular complexity index is 451. The van der Waals surface area contributed by atoms with Gasteiger partial charge in [-0.1, -0.05) is 107 Å². The van der Waals surface area contributed by atoms with Crippen LogP contribution < -0.4 is 0 Å². The summed E-state index contributed by atoms with van der Waals surface area (Å²) in [5, 5.41) is 8.78. The van der Waals surface area contributed by atoms with Crippen molar-refractivity contribution in [3.05, 3.63) is 72.8 Å². The van der Waals surface area contributed by atoms with Crippen LogP contribution in [0.4, 0.5) is 0 Å². The van der Waals surface area contributed by atoms with Gasteiger partial charge in [0.1, 0.15) is 6.26 Å². The zero-order valence-electron chi connectivity index (χ0n) is 16.1. The van der Waals surface area contributed by atoms with E-state index >= 15 is 0 Å². The van der Waals surface area contributed by atoms with Crippen LogP contribution in [0.25, 0.3) is 0 Å². The van der Waals surface area contributed by atoms with E-state index in [1.165, 1.54) is 64.9 Å². The minimum Gasteiger partial charge on any atom is -0.512 e. The third kappa shape index (κ3) is 18.2. The first-order chi connectivity index (χ1) is 12.3. The first kappa shape index (κ1) is 23.0. The van der Waals surface area contributed by atoms with Gasteiger partial charge in [0.15, 0.2) is 5.76 Å². The van der Waals surface area contributed by atoms with Crippen LogP contribution in [0, 0.1) is 0 Å². The Kier molecular flexibility index (Phi) is 18.5. The molecule has 0 amide bonds. The molecule has 2 heteroatoms. The van der Waals surface area contributed by atoms with Crippen molar-refractivity contribution in [2.45, 2.75) is 64.7 Å². The summed E-state index contributed by atoms with van der Waals surface area (Å²) < 4.78 is 4.89. The van der Waals surface area contributed by atoms with Crippen LogP contribution in [0.15, 0.2) is 72.8 Å². The Hall–Kier alpha value is -1.96. The van der Waals surface area contributed by atoms with E-state index in [4.69, 9.17) is 9.84 Å². The molecular weight excluding hydrogens is 308 g/mol. The molecule has 0 rings (SSSR count). The molecule has 0 atom stereocenters. The fraction of sp³-hybridized carbons (Fsp3) is 0.478. The minimum absolute atomic E-state index is 0.426. The number of unbranched alkanes of at least 4 members (excludes halogenated alkanes) is 8. The molecule has 1 N–H and O–H groups in total. The van der Waals surface area contributed by atoms with Crippen molar-refractivity contribution >= 4 is 0 Å². The number of hydrogen-bond donors (Lipinski definition) is 1. The quantitative estimate of drug-likeness (QED) is 0.191. The highest BCUT2D eigenvalue weighted by Gasteiger charge is 1.89. The number of allylic oxidation sites excluding steroid dienone is 10. The van der Waals surface area contributed by atoms with Gasteiger partial charge in [-0.3, -0.25) is 0 Å². The van der Waals surface area contributed by atoms with E-state index < -0.39 is 0 Å². The third-order valence-corrected chi connectivity index (χ3v) is 3.76. The van der Waals surface area contributed by atoms with Crippen molar-refractivity contribution in [2.75, 3.05) is 7.11 Å². The standard InChI is InChI=1S/C23H36O2/c1-3-4-5-6-7-8-9-10-11-12-13-14-15-16-17-18-19-20-21-23(22-24)25-2/h12-22,24H,3-11H2,1-2H3/b13-12+,15-14-,17-16-,19-18+,21-20+,23-22-. The number of ether oxygens (including phenoxy) is 1. The summed E-state index contributed by atoms with van der Waals surface area (Å²) in [4.78, 5) is 0. The van der Waals surface area contributed by atoms with Crippen LogP contribution in [0.5, 0.6) is 0 Å². The van der Waals surface area contributed by atoms with E-state index in [2.05, 4.69) is 25.2 Å². The SMILES string of the molecule is CCCCCCCCCC/C=C/C=C\C=C/C=C/C=C/C(=C/O)OC. The summed E-state index contributed by atoms with van der Waals surface area (Å²) in [5.74, 6) is 0.426. The molecule has 0 saturated carbocycles. The summed E-state index contributed by atoms with van der Waals surface area (Å²) in [5.41, 5.74) is 0. The van der Waals surface area contributed by atoms with Crippen molar-refractivity contribution < 1.29 is 9.84 Å². The molecule has 2 nitrogen and oxygen atoms in total. The molecule has 0 saturated heterocycles. The van der Waals surface area contributed by atoms with Gasteiger partial charge in [0.25, 0.3) is 0 Å². The number of hydrogen-bond acceptors (Lipinski definition) is 2. The van der Waals surface area contributed by atoms with Gasteiger partial charge >= 0.3 is 0 Å². The topological polar surface area (TPSA) is 29.5 Å². The number of aliphatic hydroxyl groups is 1. The highest BCUT2D eigenvalue weighted by molar-refractivity contribution is 5.20. The van der Waals surface area contributed by atoms with Crippen LogP contribution in [0.2, 0.25) is 0 Å². The maximum atomic E-state index is 8.78. The minimum atomic E-state index is 0.426. The molecule has 0 bridgehead atoms. The highest BCUT2D eigenvalue weighted by atomic mass is 16.5. The molecule has 0 aliphatic rings. The monoisotopic (exact) mass is 344 g/mol. The molecule has 0 fully saturated rings. The molecule has 0 aromatic heterocycles. The second-order valence-corrected chi connectivity index (χ2v) is 5.94. The summed E-state index contributed by atoms with van der Waals surface area (Å²) in [6.45, 7) is 2.26. The van der Waals surface area contributed by atoms with Crippen LogP contribution in [-0.2, 0) is 4.74 Å². The van der Waals surface area contributed by atoms with Gasteiger partial charge in [-0.2, -0.15) is 0 Å². The maximum Gasteiger partial charge on any atom is 0.152 e. The number of methoxy groups -OCH3 is 1. The Morgan fingerprint density at radius 3 is 1.80 bits per heavy atom. The Balaban J connectivity index is 3.59. The van der Waals surface area contributed by atoms with Gasteiger partial charge in [0, 0.05) is 0 Å². The Labute approximate surface area is 155 Å². The zero-order chi connectivity index (χ0) is 18.4. The number of rotatable bonds is 15. The van der Waals surface area contributed by atoms with E-state index in [1.807, 2.05) is 36.5 Å². The Morgan fingerprint density at radius 2 is 1.24 bits per heavy atom. The predicted molar refractivity (Wildman–Crippen MR) is 111 cm³/mol. The van der Waals surface area contributed by atoms with Gasteiger partial charge < -0.3 is 9.84 Å².